The van der Waals surface area contributed by atoms with E-state index in [0.29, 0.717) is 23.0 Å². The van der Waals surface area contributed by atoms with Crippen molar-refractivity contribution in [3.63, 3.8) is 0 Å². The van der Waals surface area contributed by atoms with Gasteiger partial charge in [-0.25, -0.2) is 9.97 Å². The molecule has 8 heteroatoms. The molecular weight excluding hydrogens is 482 g/mol. The summed E-state index contributed by atoms with van der Waals surface area (Å²) in [7, 11) is 1.06. The van der Waals surface area contributed by atoms with E-state index in [4.69, 9.17) is 0 Å². The Kier molecular flexibility index (Phi) is 7.40. The largest absolute Gasteiger partial charge is 0.354 e. The minimum absolute atomic E-state index is 0.0698. The van der Waals surface area contributed by atoms with Crippen LogP contribution in [0, 0.1) is 0 Å². The van der Waals surface area contributed by atoms with Gasteiger partial charge in [0.2, 0.25) is 0 Å². The third-order valence-corrected chi connectivity index (χ3v) is 8.30. The molecule has 3 aromatic heterocycles. The van der Waals surface area contributed by atoms with Crippen molar-refractivity contribution in [3.05, 3.63) is 70.7 Å². The lowest BCUT2D eigenvalue weighted by molar-refractivity contribution is 0.224. The second-order valence-electron chi connectivity index (χ2n) is 10.5. The molecule has 1 aliphatic heterocycles. The summed E-state index contributed by atoms with van der Waals surface area (Å²) in [5.41, 5.74) is 7.04. The lowest BCUT2D eigenvalue weighted by Crippen LogP contribution is -2.35. The van der Waals surface area contributed by atoms with Crippen LogP contribution >= 0.6 is 0 Å². The van der Waals surface area contributed by atoms with Crippen LogP contribution < -0.4 is 5.56 Å². The molecule has 0 saturated carbocycles. The molecule has 5 rings (SSSR count). The van der Waals surface area contributed by atoms with E-state index in [9.17, 15) is 9.00 Å². The number of aryl methyl sites for hydroxylation is 1. The SMILES string of the molecule is CC(C)c1c(-c2cc(-c3cncnc3)c(=O)n(C)c2)[nH]c2ccc(C3CCN(CCS(C)=O)CC3)cc12. The van der Waals surface area contributed by atoms with Gasteiger partial charge in [0.25, 0.3) is 5.56 Å². The molecule has 0 radical (unpaired) electrons. The molecule has 1 aliphatic rings. The minimum Gasteiger partial charge on any atom is -0.354 e. The van der Waals surface area contributed by atoms with Crippen molar-refractivity contribution >= 4 is 21.7 Å². The maximum absolute atomic E-state index is 12.9. The molecule has 0 spiro atoms. The van der Waals surface area contributed by atoms with Gasteiger partial charge in [0.1, 0.15) is 6.33 Å². The van der Waals surface area contributed by atoms with Gasteiger partial charge in [-0.05, 0) is 67.1 Å². The molecule has 1 saturated heterocycles. The number of aromatic nitrogens is 4. The minimum atomic E-state index is -0.734. The van der Waals surface area contributed by atoms with Crippen LogP contribution in [0.1, 0.15) is 49.7 Å². The molecule has 1 atom stereocenters. The molecule has 194 valence electrons. The van der Waals surface area contributed by atoms with E-state index in [1.807, 2.05) is 12.3 Å². The quantitative estimate of drug-likeness (QED) is 0.385. The molecule has 7 nitrogen and oxygen atoms in total. The summed E-state index contributed by atoms with van der Waals surface area (Å²) in [4.78, 5) is 27.3. The van der Waals surface area contributed by atoms with Gasteiger partial charge in [-0.1, -0.05) is 19.9 Å². The maximum Gasteiger partial charge on any atom is 0.258 e. The molecule has 4 heterocycles. The van der Waals surface area contributed by atoms with Gasteiger partial charge in [0.15, 0.2) is 0 Å². The highest BCUT2D eigenvalue weighted by molar-refractivity contribution is 7.84. The van der Waals surface area contributed by atoms with E-state index >= 15 is 0 Å². The smallest absolute Gasteiger partial charge is 0.258 e. The second kappa shape index (κ2) is 10.7. The molecule has 0 aliphatic carbocycles. The van der Waals surface area contributed by atoms with Crippen LogP contribution in [-0.4, -0.2) is 60.3 Å². The first kappa shape index (κ1) is 25.5. The van der Waals surface area contributed by atoms with E-state index < -0.39 is 10.8 Å². The van der Waals surface area contributed by atoms with Crippen LogP contribution in [0.5, 0.6) is 0 Å². The van der Waals surface area contributed by atoms with E-state index in [-0.39, 0.29) is 5.56 Å². The average Bonchev–Trinajstić information content (AvgIpc) is 3.29. The monoisotopic (exact) mass is 517 g/mol. The van der Waals surface area contributed by atoms with Crippen LogP contribution in [0.2, 0.25) is 0 Å². The first-order valence-corrected chi connectivity index (χ1v) is 14.7. The Bertz CT molecular complexity index is 1480. The molecule has 1 aromatic carbocycles. The van der Waals surface area contributed by atoms with Crippen LogP contribution in [0.25, 0.3) is 33.3 Å². The average molecular weight is 518 g/mol. The Morgan fingerprint density at radius 2 is 1.84 bits per heavy atom. The number of rotatable bonds is 7. The first-order valence-electron chi connectivity index (χ1n) is 13.0. The number of H-pyrrole nitrogens is 1. The number of nitrogens with zero attached hydrogens (tertiary/aromatic N) is 4. The molecule has 0 amide bonds. The Labute approximate surface area is 220 Å². The Morgan fingerprint density at radius 1 is 1.11 bits per heavy atom. The van der Waals surface area contributed by atoms with Crippen LogP contribution in [0.4, 0.5) is 0 Å². The Hall–Kier alpha value is -3.10. The molecule has 37 heavy (non-hydrogen) atoms. The summed E-state index contributed by atoms with van der Waals surface area (Å²) < 4.78 is 13.1. The number of nitrogens with one attached hydrogen (secondary N) is 1. The number of piperidine rings is 1. The van der Waals surface area contributed by atoms with Gasteiger partial charge in [-0.2, -0.15) is 0 Å². The van der Waals surface area contributed by atoms with Gasteiger partial charge in [0.05, 0.1) is 11.3 Å². The van der Waals surface area contributed by atoms with Crippen molar-refractivity contribution in [1.29, 1.82) is 0 Å². The van der Waals surface area contributed by atoms with Crippen molar-refractivity contribution in [2.75, 3.05) is 31.6 Å². The van der Waals surface area contributed by atoms with Gasteiger partial charge in [0, 0.05) is 77.0 Å². The lowest BCUT2D eigenvalue weighted by Gasteiger charge is -2.32. The topological polar surface area (TPSA) is 83.9 Å². The molecular formula is C29H35N5O2S. The number of fused-ring (bicyclic) bond motifs is 1. The standard InChI is InChI=1S/C29H35N5O2S/c1-19(2)27-25-13-21(20-7-9-34(10-8-20)11-12-37(4)36)5-6-26(25)32-28(27)22-14-24(29(35)33(3)17-22)23-15-30-18-31-16-23/h5-6,13-20,32H,7-12H2,1-4H3. The number of likely N-dealkylation sites (tertiary alicyclic amines) is 1. The van der Waals surface area contributed by atoms with E-state index in [2.05, 4.69) is 51.9 Å². The molecule has 1 N–H and O–H groups in total. The predicted molar refractivity (Wildman–Crippen MR) is 151 cm³/mol. The van der Waals surface area contributed by atoms with Gasteiger partial charge >= 0.3 is 0 Å². The summed E-state index contributed by atoms with van der Waals surface area (Å²) in [5.74, 6) is 1.59. The zero-order chi connectivity index (χ0) is 26.1. The summed E-state index contributed by atoms with van der Waals surface area (Å²) in [6.45, 7) is 7.48. The predicted octanol–water partition coefficient (Wildman–Crippen LogP) is 4.67. The van der Waals surface area contributed by atoms with Gasteiger partial charge in [-0.15, -0.1) is 0 Å². The third kappa shape index (κ3) is 5.31. The number of pyridine rings is 1. The number of hydrogen-bond acceptors (Lipinski definition) is 5. The van der Waals surface area contributed by atoms with Crippen LogP contribution in [0.3, 0.4) is 0 Å². The van der Waals surface area contributed by atoms with E-state index in [1.54, 1.807) is 30.3 Å². The molecule has 0 bridgehead atoms. The van der Waals surface area contributed by atoms with Gasteiger partial charge < -0.3 is 14.5 Å². The number of hydrogen-bond donors (Lipinski definition) is 1. The highest BCUT2D eigenvalue weighted by atomic mass is 32.2. The lowest BCUT2D eigenvalue weighted by atomic mass is 9.87. The molecule has 4 aromatic rings. The fourth-order valence-electron chi connectivity index (χ4n) is 5.55. The van der Waals surface area contributed by atoms with E-state index in [1.165, 1.54) is 22.8 Å². The highest BCUT2D eigenvalue weighted by Crippen LogP contribution is 2.38. The van der Waals surface area contributed by atoms with Crippen molar-refractivity contribution in [1.82, 2.24) is 24.4 Å². The molecule has 1 unspecified atom stereocenters. The summed E-state index contributed by atoms with van der Waals surface area (Å²) in [6.07, 6.45) is 10.8. The van der Waals surface area contributed by atoms with E-state index in [0.717, 1.165) is 55.0 Å². The highest BCUT2D eigenvalue weighted by Gasteiger charge is 2.23. The zero-order valence-electron chi connectivity index (χ0n) is 22.0. The van der Waals surface area contributed by atoms with Crippen molar-refractivity contribution in [2.45, 2.75) is 38.5 Å². The summed E-state index contributed by atoms with van der Waals surface area (Å²) in [5, 5.41) is 1.25. The van der Waals surface area contributed by atoms with Gasteiger partial charge in [-0.3, -0.25) is 9.00 Å². The third-order valence-electron chi connectivity index (χ3n) is 7.54. The normalized spacial score (nSPS) is 16.0. The second-order valence-corrected chi connectivity index (χ2v) is 12.0. The first-order chi connectivity index (χ1) is 17.8. The van der Waals surface area contributed by atoms with Crippen LogP contribution in [-0.2, 0) is 17.8 Å². The Morgan fingerprint density at radius 3 is 2.51 bits per heavy atom. The maximum atomic E-state index is 12.9. The molecule has 1 fully saturated rings. The fraction of sp³-hybridized carbons (Fsp3) is 0.414. The number of aromatic amines is 1. The van der Waals surface area contributed by atoms with Crippen molar-refractivity contribution in [2.24, 2.45) is 7.05 Å². The summed E-state index contributed by atoms with van der Waals surface area (Å²) >= 11 is 0. The zero-order valence-corrected chi connectivity index (χ0v) is 22.8. The summed E-state index contributed by atoms with van der Waals surface area (Å²) in [6, 6.07) is 8.81. The van der Waals surface area contributed by atoms with Crippen LogP contribution in [0.15, 0.2) is 54.0 Å². The fourth-order valence-corrected chi connectivity index (χ4v) is 6.07. The van der Waals surface area contributed by atoms with Crippen molar-refractivity contribution < 1.29 is 4.21 Å². The Balaban J connectivity index is 1.51. The number of benzene rings is 1. The van der Waals surface area contributed by atoms with Crippen molar-refractivity contribution in [3.8, 4) is 22.4 Å².